The monoisotopic (exact) mass is 408 g/mol. The highest BCUT2D eigenvalue weighted by Gasteiger charge is 2.35. The van der Waals surface area contributed by atoms with Gasteiger partial charge in [-0.1, -0.05) is 12.1 Å². The molecule has 3 rings (SSSR count). The van der Waals surface area contributed by atoms with Crippen LogP contribution < -0.4 is 9.64 Å². The first kappa shape index (κ1) is 20.2. The van der Waals surface area contributed by atoms with E-state index in [1.165, 1.54) is 11.4 Å². The van der Waals surface area contributed by atoms with Crippen molar-refractivity contribution < 1.29 is 22.7 Å². The Bertz CT molecular complexity index is 949. The molecule has 10 heteroatoms. The molecule has 1 aromatic heterocycles. The first-order chi connectivity index (χ1) is 13.4. The van der Waals surface area contributed by atoms with Gasteiger partial charge in [-0.05, 0) is 26.0 Å². The van der Waals surface area contributed by atoms with Crippen LogP contribution in [0, 0.1) is 6.92 Å². The van der Waals surface area contributed by atoms with E-state index in [0.29, 0.717) is 25.4 Å². The first-order valence-electron chi connectivity index (χ1n) is 9.00. The van der Waals surface area contributed by atoms with Gasteiger partial charge in [-0.25, -0.2) is 13.2 Å². The lowest BCUT2D eigenvalue weighted by Gasteiger charge is -2.35. The Kier molecular flexibility index (Phi) is 5.90. The van der Waals surface area contributed by atoms with Crippen LogP contribution in [0.4, 0.5) is 5.69 Å². The van der Waals surface area contributed by atoms with Crippen LogP contribution in [0.15, 0.2) is 29.3 Å². The summed E-state index contributed by atoms with van der Waals surface area (Å²) in [7, 11) is -2.71. The van der Waals surface area contributed by atoms with Gasteiger partial charge >= 0.3 is 5.97 Å². The molecule has 1 saturated heterocycles. The number of aromatic amines is 1. The molecular weight excluding hydrogens is 384 g/mol. The summed E-state index contributed by atoms with van der Waals surface area (Å²) in [6.07, 6.45) is 0. The molecule has 0 amide bonds. The normalized spacial score (nSPS) is 15.5. The molecular formula is C18H24N4O5S. The number of sulfonamides is 1. The van der Waals surface area contributed by atoms with E-state index in [9.17, 15) is 13.2 Å². The third-order valence-electron chi connectivity index (χ3n) is 4.63. The minimum atomic E-state index is -3.92. The Morgan fingerprint density at radius 3 is 2.54 bits per heavy atom. The average Bonchev–Trinajstić information content (AvgIpc) is 3.10. The van der Waals surface area contributed by atoms with Crippen LogP contribution in [0.25, 0.3) is 0 Å². The number of hydrogen-bond acceptors (Lipinski definition) is 7. The lowest BCUT2D eigenvalue weighted by molar-refractivity contribution is 0.0595. The van der Waals surface area contributed by atoms with Crippen molar-refractivity contribution in [1.29, 1.82) is 0 Å². The van der Waals surface area contributed by atoms with Crippen molar-refractivity contribution in [3.8, 4) is 5.75 Å². The van der Waals surface area contributed by atoms with Gasteiger partial charge < -0.3 is 14.4 Å². The second kappa shape index (κ2) is 8.19. The maximum atomic E-state index is 13.0. The van der Waals surface area contributed by atoms with Gasteiger partial charge in [-0.15, -0.1) is 0 Å². The van der Waals surface area contributed by atoms with Crippen molar-refractivity contribution >= 4 is 21.7 Å². The Labute approximate surface area is 164 Å². The Morgan fingerprint density at radius 2 is 1.89 bits per heavy atom. The van der Waals surface area contributed by atoms with Crippen molar-refractivity contribution in [1.82, 2.24) is 14.5 Å². The number of carbonyl (C=O) groups is 1. The third-order valence-corrected chi connectivity index (χ3v) is 6.46. The number of para-hydroxylation sites is 2. The van der Waals surface area contributed by atoms with Gasteiger partial charge in [0.1, 0.15) is 11.3 Å². The predicted molar refractivity (Wildman–Crippen MR) is 103 cm³/mol. The summed E-state index contributed by atoms with van der Waals surface area (Å²) in [4.78, 5) is 14.1. The molecule has 0 radical (unpaired) electrons. The minimum Gasteiger partial charge on any atom is -0.492 e. The molecule has 1 N–H and O–H groups in total. The Morgan fingerprint density at radius 1 is 1.21 bits per heavy atom. The molecule has 0 aliphatic carbocycles. The summed E-state index contributed by atoms with van der Waals surface area (Å²) in [6.45, 7) is 5.61. The smallest absolute Gasteiger partial charge is 0.342 e. The molecule has 28 heavy (non-hydrogen) atoms. The number of methoxy groups -OCH3 is 1. The second-order valence-electron chi connectivity index (χ2n) is 6.31. The van der Waals surface area contributed by atoms with Gasteiger partial charge in [0.05, 0.1) is 19.4 Å². The Balaban J connectivity index is 1.79. The maximum Gasteiger partial charge on any atom is 0.342 e. The van der Waals surface area contributed by atoms with E-state index < -0.39 is 16.0 Å². The number of H-pyrrole nitrogens is 1. The molecule has 152 valence electrons. The van der Waals surface area contributed by atoms with Crippen LogP contribution in [0.3, 0.4) is 0 Å². The molecule has 0 unspecified atom stereocenters. The average molecular weight is 408 g/mol. The molecule has 0 bridgehead atoms. The lowest BCUT2D eigenvalue weighted by atomic mass is 10.2. The molecule has 2 heterocycles. The van der Waals surface area contributed by atoms with Gasteiger partial charge in [-0.2, -0.15) is 9.40 Å². The summed E-state index contributed by atoms with van der Waals surface area (Å²) < 4.78 is 37.8. The van der Waals surface area contributed by atoms with E-state index >= 15 is 0 Å². The van der Waals surface area contributed by atoms with E-state index in [-0.39, 0.29) is 23.7 Å². The van der Waals surface area contributed by atoms with Crippen molar-refractivity contribution in [2.45, 2.75) is 18.9 Å². The summed E-state index contributed by atoms with van der Waals surface area (Å²) in [5.41, 5.74) is 1.24. The fourth-order valence-electron chi connectivity index (χ4n) is 3.22. The number of anilines is 1. The number of piperazine rings is 1. The standard InChI is InChI=1S/C18H24N4O5S/c1-4-27-15-8-6-5-7-14(15)21-9-11-22(12-10-21)28(24,25)17-16(18(23)26-3)13(2)19-20-17/h5-8H,4,9-12H2,1-3H3,(H,19,20). The largest absolute Gasteiger partial charge is 0.492 e. The maximum absolute atomic E-state index is 13.0. The fraction of sp³-hybridized carbons (Fsp3) is 0.444. The number of nitrogens with one attached hydrogen (secondary N) is 1. The van der Waals surface area contributed by atoms with Gasteiger partial charge in [0.2, 0.25) is 5.03 Å². The molecule has 0 spiro atoms. The zero-order chi connectivity index (χ0) is 20.3. The number of rotatable bonds is 6. The second-order valence-corrected chi connectivity index (χ2v) is 8.17. The van der Waals surface area contributed by atoms with Crippen molar-refractivity contribution in [2.24, 2.45) is 0 Å². The van der Waals surface area contributed by atoms with Gasteiger partial charge in [0.15, 0.2) is 0 Å². The molecule has 1 aliphatic rings. The van der Waals surface area contributed by atoms with E-state index in [1.54, 1.807) is 6.92 Å². The van der Waals surface area contributed by atoms with E-state index in [1.807, 2.05) is 31.2 Å². The molecule has 9 nitrogen and oxygen atoms in total. The number of benzene rings is 1. The van der Waals surface area contributed by atoms with Crippen molar-refractivity contribution in [2.75, 3.05) is 44.8 Å². The molecule has 2 aromatic rings. The van der Waals surface area contributed by atoms with Crippen LogP contribution in [0.5, 0.6) is 5.75 Å². The molecule has 0 atom stereocenters. The number of nitrogens with zero attached hydrogens (tertiary/aromatic N) is 3. The molecule has 1 aliphatic heterocycles. The van der Waals surface area contributed by atoms with Crippen molar-refractivity contribution in [3.63, 3.8) is 0 Å². The fourth-order valence-corrected chi connectivity index (χ4v) is 4.77. The van der Waals surface area contributed by atoms with Crippen LogP contribution in [-0.4, -0.2) is 68.8 Å². The zero-order valence-corrected chi connectivity index (χ0v) is 17.0. The van der Waals surface area contributed by atoms with E-state index in [0.717, 1.165) is 11.4 Å². The van der Waals surface area contributed by atoms with Gasteiger partial charge in [0.25, 0.3) is 10.0 Å². The van der Waals surface area contributed by atoms with E-state index in [4.69, 9.17) is 9.47 Å². The van der Waals surface area contributed by atoms with Crippen LogP contribution in [0.2, 0.25) is 0 Å². The quantitative estimate of drug-likeness (QED) is 0.721. The Hall–Kier alpha value is -2.59. The van der Waals surface area contributed by atoms with Crippen LogP contribution in [0.1, 0.15) is 23.0 Å². The molecule has 1 aromatic carbocycles. The minimum absolute atomic E-state index is 0.0494. The first-order valence-corrected chi connectivity index (χ1v) is 10.4. The van der Waals surface area contributed by atoms with Gasteiger partial charge in [-0.3, -0.25) is 5.10 Å². The highest BCUT2D eigenvalue weighted by Crippen LogP contribution is 2.30. The SMILES string of the molecule is CCOc1ccccc1N1CCN(S(=O)(=O)c2n[nH]c(C)c2C(=O)OC)CC1. The van der Waals surface area contributed by atoms with Crippen molar-refractivity contribution in [3.05, 3.63) is 35.5 Å². The number of hydrogen-bond donors (Lipinski definition) is 1. The summed E-state index contributed by atoms with van der Waals surface area (Å²) in [6, 6.07) is 7.69. The number of ether oxygens (including phenoxy) is 2. The number of aromatic nitrogens is 2. The number of carbonyl (C=O) groups excluding carboxylic acids is 1. The lowest BCUT2D eigenvalue weighted by Crippen LogP contribution is -2.49. The van der Waals surface area contributed by atoms with Crippen LogP contribution in [-0.2, 0) is 14.8 Å². The predicted octanol–water partition coefficient (Wildman–Crippen LogP) is 1.41. The summed E-state index contributed by atoms with van der Waals surface area (Å²) in [5.74, 6) is 0.0475. The highest BCUT2D eigenvalue weighted by molar-refractivity contribution is 7.89. The van der Waals surface area contributed by atoms with Gasteiger partial charge in [0, 0.05) is 31.9 Å². The molecule has 0 saturated carbocycles. The number of aryl methyl sites for hydroxylation is 1. The highest BCUT2D eigenvalue weighted by atomic mass is 32.2. The third kappa shape index (κ3) is 3.69. The number of esters is 1. The topological polar surface area (TPSA) is 105 Å². The summed E-state index contributed by atoms with van der Waals surface area (Å²) >= 11 is 0. The molecule has 1 fully saturated rings. The summed E-state index contributed by atoms with van der Waals surface area (Å²) in [5, 5.41) is 6.14. The zero-order valence-electron chi connectivity index (χ0n) is 16.1. The van der Waals surface area contributed by atoms with Crippen LogP contribution >= 0.6 is 0 Å². The van der Waals surface area contributed by atoms with E-state index in [2.05, 4.69) is 15.1 Å².